The van der Waals surface area contributed by atoms with Crippen molar-refractivity contribution in [2.45, 2.75) is 70.7 Å². The second-order valence-corrected chi connectivity index (χ2v) is 12.9. The van der Waals surface area contributed by atoms with Crippen LogP contribution < -0.4 is 11.2 Å². The maximum atomic E-state index is 12.2. The highest BCUT2D eigenvalue weighted by Gasteiger charge is 2.48. The van der Waals surface area contributed by atoms with Crippen LogP contribution in [0.5, 0.6) is 0 Å². The Bertz CT molecular complexity index is 792. The molecular formula is C17H28N2O6Si. The van der Waals surface area contributed by atoms with Gasteiger partial charge in [-0.05, 0) is 25.1 Å². The number of aromatic nitrogens is 2. The molecule has 0 saturated carbocycles. The first kappa shape index (κ1) is 20.6. The molecule has 1 N–H and O–H groups in total. The van der Waals surface area contributed by atoms with E-state index in [2.05, 4.69) is 38.8 Å². The lowest BCUT2D eigenvalue weighted by atomic mass is 10.2. The zero-order chi connectivity index (χ0) is 19.9. The fourth-order valence-corrected chi connectivity index (χ4v) is 3.93. The number of esters is 1. The Hall–Kier alpha value is -1.71. The molecule has 0 bridgehead atoms. The summed E-state index contributed by atoms with van der Waals surface area (Å²) in [4.78, 5) is 38.2. The average Bonchev–Trinajstić information content (AvgIpc) is 2.91. The van der Waals surface area contributed by atoms with Crippen LogP contribution in [0.15, 0.2) is 15.8 Å². The maximum Gasteiger partial charge on any atom is 0.337 e. The minimum absolute atomic E-state index is 0.0445. The standard InChI is InChI=1S/C17H28N2O6Si/c1-10-9-19(16(22)18-14(10)20)12-8-11(13(24-12)15(21)23-5)25-26(6,7)17(2,3)4/h9,11-13H,8H2,1-7H3,(H,18,20,22)/t11?,12-,13+/m1/s1. The predicted octanol–water partition coefficient (Wildman–Crippen LogP) is 1.70. The van der Waals surface area contributed by atoms with E-state index < -0.39 is 44.0 Å². The zero-order valence-corrected chi connectivity index (χ0v) is 17.4. The highest BCUT2D eigenvalue weighted by atomic mass is 28.4. The van der Waals surface area contributed by atoms with Crippen molar-refractivity contribution in [1.29, 1.82) is 0 Å². The molecule has 1 aliphatic heterocycles. The summed E-state index contributed by atoms with van der Waals surface area (Å²) in [6.45, 7) is 12.1. The Morgan fingerprint density at radius 1 is 1.35 bits per heavy atom. The van der Waals surface area contributed by atoms with E-state index in [0.29, 0.717) is 12.0 Å². The largest absolute Gasteiger partial charge is 0.467 e. The fraction of sp³-hybridized carbons (Fsp3) is 0.706. The average molecular weight is 385 g/mol. The summed E-state index contributed by atoms with van der Waals surface area (Å²) in [5.74, 6) is -0.537. The quantitative estimate of drug-likeness (QED) is 0.626. The van der Waals surface area contributed by atoms with Crippen molar-refractivity contribution in [3.63, 3.8) is 0 Å². The molecule has 1 aromatic rings. The molecule has 0 amide bonds. The summed E-state index contributed by atoms with van der Waals surface area (Å²) in [7, 11) is -0.877. The first-order chi connectivity index (χ1) is 11.9. The van der Waals surface area contributed by atoms with Crippen LogP contribution in [-0.4, -0.2) is 43.2 Å². The normalized spacial score (nSPS) is 23.9. The van der Waals surface area contributed by atoms with Crippen molar-refractivity contribution < 1.29 is 18.7 Å². The van der Waals surface area contributed by atoms with Crippen LogP contribution in [0.3, 0.4) is 0 Å². The number of aromatic amines is 1. The smallest absolute Gasteiger partial charge is 0.337 e. The molecule has 0 aromatic carbocycles. The molecule has 0 spiro atoms. The molecule has 8 nitrogen and oxygen atoms in total. The molecule has 26 heavy (non-hydrogen) atoms. The number of carbonyl (C=O) groups is 1. The molecule has 1 unspecified atom stereocenters. The van der Waals surface area contributed by atoms with Crippen molar-refractivity contribution in [3.8, 4) is 0 Å². The maximum absolute atomic E-state index is 12.2. The molecule has 146 valence electrons. The highest BCUT2D eigenvalue weighted by Crippen LogP contribution is 2.41. The summed E-state index contributed by atoms with van der Waals surface area (Å²) in [5, 5.41) is -0.0445. The fourth-order valence-electron chi connectivity index (χ4n) is 2.60. The number of ether oxygens (including phenoxy) is 2. The van der Waals surface area contributed by atoms with Gasteiger partial charge in [0.05, 0.1) is 13.2 Å². The number of nitrogens with zero attached hydrogens (tertiary/aromatic N) is 1. The monoisotopic (exact) mass is 384 g/mol. The van der Waals surface area contributed by atoms with E-state index >= 15 is 0 Å². The van der Waals surface area contributed by atoms with Crippen molar-refractivity contribution in [3.05, 3.63) is 32.6 Å². The lowest BCUT2D eigenvalue weighted by molar-refractivity contribution is -0.158. The SMILES string of the molecule is COC(=O)[C@H]1O[C@@H](n2cc(C)c(=O)[nH]c2=O)CC1O[Si](C)(C)C(C)(C)C. The minimum atomic E-state index is -2.17. The van der Waals surface area contributed by atoms with E-state index in [4.69, 9.17) is 13.9 Å². The van der Waals surface area contributed by atoms with E-state index in [0.717, 1.165) is 0 Å². The van der Waals surface area contributed by atoms with Crippen LogP contribution in [0.2, 0.25) is 18.1 Å². The van der Waals surface area contributed by atoms with E-state index in [1.54, 1.807) is 6.92 Å². The van der Waals surface area contributed by atoms with E-state index in [1.807, 2.05) is 0 Å². The van der Waals surface area contributed by atoms with Gasteiger partial charge in [-0.2, -0.15) is 0 Å². The summed E-state index contributed by atoms with van der Waals surface area (Å²) in [6.07, 6.45) is -0.394. The molecule has 0 radical (unpaired) electrons. The van der Waals surface area contributed by atoms with Gasteiger partial charge in [0.25, 0.3) is 5.56 Å². The third-order valence-electron chi connectivity index (χ3n) is 5.22. The molecule has 1 aromatic heterocycles. The first-order valence-electron chi connectivity index (χ1n) is 8.60. The number of H-pyrrole nitrogens is 1. The van der Waals surface area contributed by atoms with Gasteiger partial charge in [-0.15, -0.1) is 0 Å². The summed E-state index contributed by atoms with van der Waals surface area (Å²) < 4.78 is 18.3. The molecular weight excluding hydrogens is 356 g/mol. The topological polar surface area (TPSA) is 99.6 Å². The van der Waals surface area contributed by atoms with Crippen LogP contribution in [0, 0.1) is 6.92 Å². The van der Waals surface area contributed by atoms with Gasteiger partial charge in [0, 0.05) is 18.2 Å². The van der Waals surface area contributed by atoms with Crippen molar-refractivity contribution in [1.82, 2.24) is 9.55 Å². The second kappa shape index (κ2) is 7.13. The molecule has 3 atom stereocenters. The molecule has 1 aliphatic rings. The Morgan fingerprint density at radius 3 is 2.50 bits per heavy atom. The van der Waals surface area contributed by atoms with Crippen LogP contribution in [0.4, 0.5) is 0 Å². The van der Waals surface area contributed by atoms with Gasteiger partial charge in [0.15, 0.2) is 14.4 Å². The number of aryl methyl sites for hydroxylation is 1. The van der Waals surface area contributed by atoms with Gasteiger partial charge in [0.1, 0.15) is 6.23 Å². The van der Waals surface area contributed by atoms with E-state index in [-0.39, 0.29) is 5.04 Å². The van der Waals surface area contributed by atoms with Gasteiger partial charge in [-0.1, -0.05) is 20.8 Å². The molecule has 1 saturated heterocycles. The van der Waals surface area contributed by atoms with Gasteiger partial charge in [-0.25, -0.2) is 9.59 Å². The Labute approximate surface area is 153 Å². The Balaban J connectivity index is 2.35. The van der Waals surface area contributed by atoms with Gasteiger partial charge < -0.3 is 13.9 Å². The summed E-state index contributed by atoms with van der Waals surface area (Å²) in [6, 6.07) is 0. The predicted molar refractivity (Wildman–Crippen MR) is 98.7 cm³/mol. The zero-order valence-electron chi connectivity index (χ0n) is 16.4. The van der Waals surface area contributed by atoms with Crippen molar-refractivity contribution in [2.75, 3.05) is 7.11 Å². The Kier molecular flexibility index (Phi) is 5.65. The van der Waals surface area contributed by atoms with Crippen LogP contribution in [-0.2, 0) is 18.7 Å². The van der Waals surface area contributed by atoms with E-state index in [9.17, 15) is 14.4 Å². The van der Waals surface area contributed by atoms with Crippen LogP contribution in [0.1, 0.15) is 39.0 Å². The third kappa shape index (κ3) is 3.99. The number of hydrogen-bond donors (Lipinski definition) is 1. The first-order valence-corrected chi connectivity index (χ1v) is 11.5. The Morgan fingerprint density at radius 2 is 1.96 bits per heavy atom. The summed E-state index contributed by atoms with van der Waals surface area (Å²) in [5.41, 5.74) is -0.637. The minimum Gasteiger partial charge on any atom is -0.467 e. The van der Waals surface area contributed by atoms with E-state index in [1.165, 1.54) is 17.9 Å². The molecule has 0 aliphatic carbocycles. The van der Waals surface area contributed by atoms with Gasteiger partial charge in [0.2, 0.25) is 0 Å². The molecule has 2 heterocycles. The highest BCUT2D eigenvalue weighted by molar-refractivity contribution is 6.74. The number of rotatable bonds is 4. The number of carbonyl (C=O) groups excluding carboxylic acids is 1. The number of methoxy groups -OCH3 is 1. The van der Waals surface area contributed by atoms with Crippen LogP contribution >= 0.6 is 0 Å². The number of hydrogen-bond acceptors (Lipinski definition) is 6. The second-order valence-electron chi connectivity index (χ2n) is 8.17. The van der Waals surface area contributed by atoms with Gasteiger partial charge in [-0.3, -0.25) is 14.3 Å². The van der Waals surface area contributed by atoms with Crippen LogP contribution in [0.25, 0.3) is 0 Å². The number of nitrogens with one attached hydrogen (secondary N) is 1. The molecule has 9 heteroatoms. The lowest BCUT2D eigenvalue weighted by Crippen LogP contribution is -2.47. The molecule has 2 rings (SSSR count). The third-order valence-corrected chi connectivity index (χ3v) is 9.72. The lowest BCUT2D eigenvalue weighted by Gasteiger charge is -2.38. The molecule has 1 fully saturated rings. The van der Waals surface area contributed by atoms with Crippen molar-refractivity contribution >= 4 is 14.3 Å². The van der Waals surface area contributed by atoms with Gasteiger partial charge >= 0.3 is 11.7 Å². The van der Waals surface area contributed by atoms with Crippen molar-refractivity contribution in [2.24, 2.45) is 0 Å². The summed E-state index contributed by atoms with van der Waals surface area (Å²) >= 11 is 0.